The molecule has 26 heavy (non-hydrogen) atoms. The number of para-hydroxylation sites is 1. The van der Waals surface area contributed by atoms with Gasteiger partial charge in [-0.05, 0) is 36.8 Å². The fraction of sp³-hybridized carbons (Fsp3) is 0.211. The first-order valence-corrected chi connectivity index (χ1v) is 8.11. The Hall–Kier alpha value is -3.35. The summed E-state index contributed by atoms with van der Waals surface area (Å²) in [5.41, 5.74) is 2.31. The van der Waals surface area contributed by atoms with E-state index in [1.807, 2.05) is 31.2 Å². The summed E-state index contributed by atoms with van der Waals surface area (Å²) in [5.74, 6) is 0.708. The number of methoxy groups -OCH3 is 2. The van der Waals surface area contributed by atoms with Gasteiger partial charge in [0.25, 0.3) is 5.91 Å². The Bertz CT molecular complexity index is 876. The van der Waals surface area contributed by atoms with Crippen LogP contribution in [0.2, 0.25) is 0 Å². The Morgan fingerprint density at radius 1 is 1.12 bits per heavy atom. The summed E-state index contributed by atoms with van der Waals surface area (Å²) < 4.78 is 12.3. The van der Waals surface area contributed by atoms with Crippen LogP contribution < -0.4 is 14.8 Å². The molecule has 0 saturated carbocycles. The van der Waals surface area contributed by atoms with Gasteiger partial charge in [-0.3, -0.25) is 4.79 Å². The van der Waals surface area contributed by atoms with E-state index in [0.717, 1.165) is 11.3 Å². The normalized spacial score (nSPS) is 11.7. The second kappa shape index (κ2) is 7.69. The molecule has 3 rings (SSSR count). The van der Waals surface area contributed by atoms with Crippen LogP contribution in [0, 0.1) is 0 Å². The summed E-state index contributed by atoms with van der Waals surface area (Å²) in [6, 6.07) is 12.8. The molecule has 0 aliphatic carbocycles. The van der Waals surface area contributed by atoms with E-state index in [9.17, 15) is 4.79 Å². The van der Waals surface area contributed by atoms with Crippen LogP contribution in [0.5, 0.6) is 11.5 Å². The molecule has 1 aromatic heterocycles. The quantitative estimate of drug-likeness (QED) is 0.738. The molecule has 0 fully saturated rings. The van der Waals surface area contributed by atoms with Crippen LogP contribution >= 0.6 is 0 Å². The van der Waals surface area contributed by atoms with Crippen LogP contribution in [-0.4, -0.2) is 34.9 Å². The van der Waals surface area contributed by atoms with E-state index >= 15 is 0 Å². The number of carbonyl (C=O) groups excluding carboxylic acids is 1. The van der Waals surface area contributed by atoms with Gasteiger partial charge in [-0.15, -0.1) is 0 Å². The predicted octanol–water partition coefficient (Wildman–Crippen LogP) is 2.78. The molecule has 7 heteroatoms. The van der Waals surface area contributed by atoms with Crippen molar-refractivity contribution in [2.45, 2.75) is 13.0 Å². The molecule has 0 radical (unpaired) electrons. The Morgan fingerprint density at radius 2 is 1.88 bits per heavy atom. The summed E-state index contributed by atoms with van der Waals surface area (Å²) in [6.45, 7) is 1.93. The van der Waals surface area contributed by atoms with Gasteiger partial charge in [0.05, 0.1) is 31.5 Å². The maximum atomic E-state index is 12.7. The molecule has 0 saturated heterocycles. The van der Waals surface area contributed by atoms with Crippen LogP contribution in [0.3, 0.4) is 0 Å². The number of nitrogens with zero attached hydrogens (tertiary/aromatic N) is 3. The second-order valence-corrected chi connectivity index (χ2v) is 5.67. The molecule has 0 spiro atoms. The number of ether oxygens (including phenoxy) is 2. The largest absolute Gasteiger partial charge is 0.493 e. The van der Waals surface area contributed by atoms with Crippen LogP contribution in [0.15, 0.2) is 55.1 Å². The van der Waals surface area contributed by atoms with Crippen molar-refractivity contribution in [2.24, 2.45) is 0 Å². The monoisotopic (exact) mass is 352 g/mol. The summed E-state index contributed by atoms with van der Waals surface area (Å²) in [5, 5.41) is 7.08. The number of nitrogens with one attached hydrogen (secondary N) is 1. The zero-order valence-corrected chi connectivity index (χ0v) is 14.8. The molecule has 1 amide bonds. The minimum atomic E-state index is -0.228. The molecule has 1 N–H and O–H groups in total. The predicted molar refractivity (Wildman–Crippen MR) is 96.8 cm³/mol. The van der Waals surface area contributed by atoms with Crippen molar-refractivity contribution in [1.82, 2.24) is 20.1 Å². The van der Waals surface area contributed by atoms with Gasteiger partial charge >= 0.3 is 0 Å². The summed E-state index contributed by atoms with van der Waals surface area (Å²) in [4.78, 5) is 16.6. The second-order valence-electron chi connectivity index (χ2n) is 5.67. The van der Waals surface area contributed by atoms with Gasteiger partial charge in [-0.25, -0.2) is 9.67 Å². The summed E-state index contributed by atoms with van der Waals surface area (Å²) in [7, 11) is 3.06. The van der Waals surface area contributed by atoms with E-state index in [2.05, 4.69) is 15.4 Å². The van der Waals surface area contributed by atoms with Crippen LogP contribution in [0.4, 0.5) is 0 Å². The van der Waals surface area contributed by atoms with Crippen molar-refractivity contribution in [1.29, 1.82) is 0 Å². The highest BCUT2D eigenvalue weighted by Crippen LogP contribution is 2.31. The lowest BCUT2D eigenvalue weighted by atomic mass is 10.1. The highest BCUT2D eigenvalue weighted by atomic mass is 16.5. The fourth-order valence-corrected chi connectivity index (χ4v) is 2.68. The lowest BCUT2D eigenvalue weighted by Crippen LogP contribution is -2.27. The minimum Gasteiger partial charge on any atom is -0.493 e. The van der Waals surface area contributed by atoms with Gasteiger partial charge in [0.15, 0.2) is 11.5 Å². The molecule has 7 nitrogen and oxygen atoms in total. The fourth-order valence-electron chi connectivity index (χ4n) is 2.68. The van der Waals surface area contributed by atoms with Gasteiger partial charge in [-0.1, -0.05) is 18.2 Å². The number of rotatable bonds is 6. The smallest absolute Gasteiger partial charge is 0.255 e. The lowest BCUT2D eigenvalue weighted by Gasteiger charge is -2.17. The third-order valence-electron chi connectivity index (χ3n) is 4.07. The standard InChI is InChI=1S/C19H20N4O3/c1-13(14-7-9-15(10-8-14)23-12-20-11-21-23)22-19(24)16-5-4-6-17(25-2)18(16)26-3/h4-13H,1-3H3,(H,22,24)/t13-/m0/s1. The zero-order valence-electron chi connectivity index (χ0n) is 14.8. The minimum absolute atomic E-state index is 0.178. The first-order valence-electron chi connectivity index (χ1n) is 8.11. The number of hydrogen-bond donors (Lipinski definition) is 1. The summed E-state index contributed by atoms with van der Waals surface area (Å²) in [6.07, 6.45) is 3.12. The van der Waals surface area contributed by atoms with Crippen LogP contribution in [0.1, 0.15) is 28.9 Å². The lowest BCUT2D eigenvalue weighted by molar-refractivity contribution is 0.0936. The van der Waals surface area contributed by atoms with Gasteiger partial charge in [-0.2, -0.15) is 5.10 Å². The molecule has 0 aliphatic rings. The molecular weight excluding hydrogens is 332 g/mol. The van der Waals surface area contributed by atoms with Crippen molar-refractivity contribution < 1.29 is 14.3 Å². The first-order chi connectivity index (χ1) is 12.6. The Morgan fingerprint density at radius 3 is 2.50 bits per heavy atom. The molecule has 1 heterocycles. The molecule has 0 aliphatic heterocycles. The average Bonchev–Trinajstić information content (AvgIpc) is 3.22. The third-order valence-corrected chi connectivity index (χ3v) is 4.07. The van der Waals surface area contributed by atoms with Gasteiger partial charge in [0, 0.05) is 0 Å². The van der Waals surface area contributed by atoms with Crippen molar-refractivity contribution in [3.8, 4) is 17.2 Å². The SMILES string of the molecule is COc1cccc(C(=O)N[C@@H](C)c2ccc(-n3cncn3)cc2)c1OC. The molecule has 2 aromatic carbocycles. The van der Waals surface area contributed by atoms with Crippen LogP contribution in [-0.2, 0) is 0 Å². The molecule has 1 atom stereocenters. The number of hydrogen-bond acceptors (Lipinski definition) is 5. The average molecular weight is 352 g/mol. The molecule has 0 bridgehead atoms. The van der Waals surface area contributed by atoms with E-state index in [0.29, 0.717) is 17.1 Å². The first kappa shape index (κ1) is 17.5. The van der Waals surface area contributed by atoms with E-state index in [4.69, 9.17) is 9.47 Å². The topological polar surface area (TPSA) is 78.3 Å². The molecule has 3 aromatic rings. The van der Waals surface area contributed by atoms with E-state index in [1.54, 1.807) is 36.3 Å². The molecule has 134 valence electrons. The van der Waals surface area contributed by atoms with Crippen molar-refractivity contribution in [2.75, 3.05) is 14.2 Å². The van der Waals surface area contributed by atoms with Crippen molar-refractivity contribution in [3.05, 3.63) is 66.2 Å². The maximum Gasteiger partial charge on any atom is 0.255 e. The summed E-state index contributed by atoms with van der Waals surface area (Å²) >= 11 is 0. The highest BCUT2D eigenvalue weighted by Gasteiger charge is 2.18. The van der Waals surface area contributed by atoms with Crippen molar-refractivity contribution >= 4 is 5.91 Å². The number of aromatic nitrogens is 3. The van der Waals surface area contributed by atoms with E-state index in [-0.39, 0.29) is 11.9 Å². The van der Waals surface area contributed by atoms with Crippen LogP contribution in [0.25, 0.3) is 5.69 Å². The Kier molecular flexibility index (Phi) is 5.17. The van der Waals surface area contributed by atoms with Gasteiger partial charge in [0.2, 0.25) is 0 Å². The van der Waals surface area contributed by atoms with E-state index in [1.165, 1.54) is 13.4 Å². The highest BCUT2D eigenvalue weighted by molar-refractivity contribution is 5.98. The Balaban J connectivity index is 1.75. The van der Waals surface area contributed by atoms with Gasteiger partial charge < -0.3 is 14.8 Å². The molecular formula is C19H20N4O3. The molecule has 0 unspecified atom stereocenters. The van der Waals surface area contributed by atoms with Crippen molar-refractivity contribution in [3.63, 3.8) is 0 Å². The number of carbonyl (C=O) groups is 1. The zero-order chi connectivity index (χ0) is 18.5. The van der Waals surface area contributed by atoms with Gasteiger partial charge in [0.1, 0.15) is 12.7 Å². The van der Waals surface area contributed by atoms with E-state index < -0.39 is 0 Å². The Labute approximate surface area is 151 Å². The number of benzene rings is 2. The maximum absolute atomic E-state index is 12.7. The number of amides is 1. The third kappa shape index (κ3) is 3.51.